The number of aromatic nitrogens is 1. The van der Waals surface area contributed by atoms with Crippen molar-refractivity contribution in [1.82, 2.24) is 4.98 Å². The monoisotopic (exact) mass is 398 g/mol. The molecule has 1 aliphatic heterocycles. The lowest BCUT2D eigenvalue weighted by molar-refractivity contribution is -0.123. The Morgan fingerprint density at radius 3 is 2.20 bits per heavy atom. The number of amides is 2. The van der Waals surface area contributed by atoms with Crippen molar-refractivity contribution in [2.24, 2.45) is 23.7 Å². The summed E-state index contributed by atoms with van der Waals surface area (Å²) in [5.41, 5.74) is 0.591. The highest BCUT2D eigenvalue weighted by Crippen LogP contribution is 2.60. The highest BCUT2D eigenvalue weighted by Gasteiger charge is 2.66. The Kier molecular flexibility index (Phi) is 2.83. The molecule has 2 bridgehead atoms. The van der Waals surface area contributed by atoms with Gasteiger partial charge in [0.05, 0.1) is 23.7 Å². The van der Waals surface area contributed by atoms with Crippen molar-refractivity contribution in [3.05, 3.63) is 24.5 Å². The van der Waals surface area contributed by atoms with E-state index in [0.29, 0.717) is 5.69 Å². The topological polar surface area (TPSA) is 50.3 Å². The van der Waals surface area contributed by atoms with Crippen LogP contribution < -0.4 is 4.90 Å². The lowest BCUT2D eigenvalue weighted by Gasteiger charge is -2.28. The molecule has 1 aromatic heterocycles. The van der Waals surface area contributed by atoms with E-state index >= 15 is 0 Å². The SMILES string of the molecule is O=C1[C@H]2[C@@H]3C[C@@H]([C@H](Br)[C@@H]3Br)[C@@H]2C(=O)N1c1cccnc1. The highest BCUT2D eigenvalue weighted by atomic mass is 79.9. The number of anilines is 1. The fourth-order valence-electron chi connectivity index (χ4n) is 4.09. The van der Waals surface area contributed by atoms with Crippen LogP contribution in [-0.2, 0) is 9.59 Å². The first-order valence-electron chi connectivity index (χ1n) is 6.67. The van der Waals surface area contributed by atoms with Crippen LogP contribution in [0.3, 0.4) is 0 Å². The van der Waals surface area contributed by atoms with Gasteiger partial charge in [-0.3, -0.25) is 14.6 Å². The van der Waals surface area contributed by atoms with Crippen molar-refractivity contribution < 1.29 is 9.59 Å². The predicted molar refractivity (Wildman–Crippen MR) is 80.7 cm³/mol. The first-order valence-corrected chi connectivity index (χ1v) is 8.50. The third kappa shape index (κ3) is 1.49. The van der Waals surface area contributed by atoms with E-state index in [0.717, 1.165) is 6.42 Å². The van der Waals surface area contributed by atoms with Gasteiger partial charge < -0.3 is 0 Å². The largest absolute Gasteiger partial charge is 0.274 e. The Bertz CT molecular complexity index is 562. The lowest BCUT2D eigenvalue weighted by atomic mass is 9.81. The minimum atomic E-state index is -0.161. The molecule has 0 unspecified atom stereocenters. The Labute approximate surface area is 133 Å². The number of pyridine rings is 1. The molecule has 4 rings (SSSR count). The Balaban J connectivity index is 1.75. The Morgan fingerprint density at radius 1 is 1.10 bits per heavy atom. The van der Waals surface area contributed by atoms with Gasteiger partial charge in [0.1, 0.15) is 0 Å². The van der Waals surface area contributed by atoms with E-state index in [1.807, 2.05) is 0 Å². The molecular formula is C14H12Br2N2O2. The second kappa shape index (κ2) is 4.37. The number of hydrogen-bond donors (Lipinski definition) is 0. The van der Waals surface area contributed by atoms with Gasteiger partial charge in [0, 0.05) is 15.9 Å². The fourth-order valence-corrected chi connectivity index (χ4v) is 5.96. The van der Waals surface area contributed by atoms with Crippen molar-refractivity contribution in [1.29, 1.82) is 0 Å². The number of nitrogens with zero attached hydrogens (tertiary/aromatic N) is 2. The van der Waals surface area contributed by atoms with E-state index in [-0.39, 0.29) is 45.1 Å². The quantitative estimate of drug-likeness (QED) is 0.538. The number of halogens is 2. The average molecular weight is 400 g/mol. The molecule has 4 nitrogen and oxygen atoms in total. The summed E-state index contributed by atoms with van der Waals surface area (Å²) in [7, 11) is 0. The van der Waals surface area contributed by atoms with Crippen LogP contribution in [0.4, 0.5) is 5.69 Å². The van der Waals surface area contributed by atoms with Gasteiger partial charge in [-0.1, -0.05) is 31.9 Å². The molecule has 6 heteroatoms. The minimum Gasteiger partial charge on any atom is -0.274 e. The summed E-state index contributed by atoms with van der Waals surface area (Å²) >= 11 is 7.36. The van der Waals surface area contributed by atoms with Crippen molar-refractivity contribution in [3.8, 4) is 0 Å². The van der Waals surface area contributed by atoms with Crippen molar-refractivity contribution in [2.45, 2.75) is 16.1 Å². The first kappa shape index (κ1) is 13.0. The van der Waals surface area contributed by atoms with Gasteiger partial charge in [-0.15, -0.1) is 0 Å². The maximum Gasteiger partial charge on any atom is 0.238 e. The third-order valence-corrected chi connectivity index (χ3v) is 8.10. The van der Waals surface area contributed by atoms with Crippen LogP contribution >= 0.6 is 31.9 Å². The molecule has 3 fully saturated rings. The molecule has 20 heavy (non-hydrogen) atoms. The van der Waals surface area contributed by atoms with E-state index in [4.69, 9.17) is 0 Å². The number of carbonyl (C=O) groups excluding carboxylic acids is 2. The molecular weight excluding hydrogens is 388 g/mol. The zero-order valence-corrected chi connectivity index (χ0v) is 13.6. The van der Waals surface area contributed by atoms with Crippen molar-refractivity contribution in [3.63, 3.8) is 0 Å². The van der Waals surface area contributed by atoms with E-state index in [1.54, 1.807) is 24.5 Å². The molecule has 6 atom stereocenters. The van der Waals surface area contributed by atoms with Crippen LogP contribution in [0.15, 0.2) is 24.5 Å². The minimum absolute atomic E-state index is 0.0515. The van der Waals surface area contributed by atoms with Crippen molar-refractivity contribution >= 4 is 49.4 Å². The van der Waals surface area contributed by atoms with Crippen LogP contribution in [0, 0.1) is 23.7 Å². The smallest absolute Gasteiger partial charge is 0.238 e. The van der Waals surface area contributed by atoms with Crippen LogP contribution in [-0.4, -0.2) is 26.5 Å². The van der Waals surface area contributed by atoms with Gasteiger partial charge in [0.15, 0.2) is 0 Å². The van der Waals surface area contributed by atoms with Crippen LogP contribution in [0.25, 0.3) is 0 Å². The summed E-state index contributed by atoms with van der Waals surface area (Å²) in [6.07, 6.45) is 4.18. The second-order valence-corrected chi connectivity index (χ2v) is 7.84. The second-order valence-electron chi connectivity index (χ2n) is 5.73. The number of carbonyl (C=O) groups is 2. The molecule has 0 aromatic carbocycles. The van der Waals surface area contributed by atoms with Crippen molar-refractivity contribution in [2.75, 3.05) is 4.90 Å². The molecule has 2 heterocycles. The summed E-state index contributed by atoms with van der Waals surface area (Å²) in [6, 6.07) is 3.52. The van der Waals surface area contributed by atoms with Gasteiger partial charge in [0.2, 0.25) is 11.8 Å². The average Bonchev–Trinajstić information content (AvgIpc) is 3.05. The summed E-state index contributed by atoms with van der Waals surface area (Å²) in [5.74, 6) is 0.0884. The molecule has 104 valence electrons. The zero-order chi connectivity index (χ0) is 14.0. The van der Waals surface area contributed by atoms with E-state index < -0.39 is 0 Å². The normalized spacial score (nSPS) is 42.4. The third-order valence-electron chi connectivity index (χ3n) is 4.89. The van der Waals surface area contributed by atoms with Gasteiger partial charge in [-0.2, -0.15) is 0 Å². The molecule has 0 radical (unpaired) electrons. The summed E-state index contributed by atoms with van der Waals surface area (Å²) in [4.78, 5) is 31.3. The molecule has 2 aliphatic carbocycles. The predicted octanol–water partition coefficient (Wildman–Crippen LogP) is 2.36. The Morgan fingerprint density at radius 2 is 1.70 bits per heavy atom. The Hall–Kier alpha value is -0.750. The molecule has 1 aromatic rings. The zero-order valence-electron chi connectivity index (χ0n) is 10.4. The fraction of sp³-hybridized carbons (Fsp3) is 0.500. The molecule has 0 spiro atoms. The van der Waals surface area contributed by atoms with Gasteiger partial charge in [0.25, 0.3) is 0 Å². The van der Waals surface area contributed by atoms with Gasteiger partial charge in [-0.25, -0.2) is 4.90 Å². The number of hydrogen-bond acceptors (Lipinski definition) is 3. The van der Waals surface area contributed by atoms with Crippen LogP contribution in [0.2, 0.25) is 0 Å². The molecule has 3 aliphatic rings. The molecule has 0 N–H and O–H groups in total. The lowest BCUT2D eigenvalue weighted by Crippen LogP contribution is -2.37. The summed E-state index contributed by atoms with van der Waals surface area (Å²) in [5, 5.41) is 0. The van der Waals surface area contributed by atoms with Gasteiger partial charge >= 0.3 is 0 Å². The highest BCUT2D eigenvalue weighted by molar-refractivity contribution is 9.12. The van der Waals surface area contributed by atoms with Gasteiger partial charge in [-0.05, 0) is 30.4 Å². The first-order chi connectivity index (χ1) is 9.61. The number of rotatable bonds is 1. The van der Waals surface area contributed by atoms with E-state index in [2.05, 4.69) is 36.8 Å². The summed E-state index contributed by atoms with van der Waals surface area (Å²) in [6.45, 7) is 0. The van der Waals surface area contributed by atoms with E-state index in [9.17, 15) is 9.59 Å². The molecule has 1 saturated heterocycles. The van der Waals surface area contributed by atoms with E-state index in [1.165, 1.54) is 4.90 Å². The number of imide groups is 1. The van der Waals surface area contributed by atoms with Crippen LogP contribution in [0.1, 0.15) is 6.42 Å². The molecule has 2 amide bonds. The summed E-state index contributed by atoms with van der Waals surface area (Å²) < 4.78 is 0. The van der Waals surface area contributed by atoms with Crippen LogP contribution in [0.5, 0.6) is 0 Å². The number of fused-ring (bicyclic) bond motifs is 5. The molecule has 2 saturated carbocycles. The maximum atomic E-state index is 12.7. The number of alkyl halides is 2. The maximum absolute atomic E-state index is 12.7. The standard InChI is InChI=1S/C14H12Br2N2O2/c15-11-7-4-8(12(11)16)10-9(7)13(19)18(14(10)20)6-2-1-3-17-5-6/h1-3,5,7-12H,4H2/t7-,8+,9-,10-,11+,12-/m0/s1.